The van der Waals surface area contributed by atoms with Gasteiger partial charge in [0, 0.05) is 29.2 Å². The fourth-order valence-corrected chi connectivity index (χ4v) is 2.74. The fourth-order valence-electron chi connectivity index (χ4n) is 2.74. The molecule has 3 rings (SSSR count). The molecular weight excluding hydrogens is 396 g/mol. The summed E-state index contributed by atoms with van der Waals surface area (Å²) >= 11 is 0. The third-order valence-corrected chi connectivity index (χ3v) is 4.28. The Hall–Kier alpha value is -4.07. The topological polar surface area (TPSA) is 112 Å². The lowest BCUT2D eigenvalue weighted by Gasteiger charge is -2.10. The predicted molar refractivity (Wildman–Crippen MR) is 119 cm³/mol. The normalized spacial score (nSPS) is 10.2. The minimum atomic E-state index is -0.355. The van der Waals surface area contributed by atoms with E-state index >= 15 is 0 Å². The van der Waals surface area contributed by atoms with Crippen LogP contribution in [0.1, 0.15) is 34.3 Å². The molecule has 31 heavy (non-hydrogen) atoms. The smallest absolute Gasteiger partial charge is 0.291 e. The summed E-state index contributed by atoms with van der Waals surface area (Å²) in [5.74, 6) is -0.521. The Kier molecular flexibility index (Phi) is 7.42. The molecule has 160 valence electrons. The molecule has 1 aromatic heterocycles. The number of nitrogens with one attached hydrogen (secondary N) is 4. The van der Waals surface area contributed by atoms with Crippen LogP contribution in [0.4, 0.5) is 17.1 Å². The average Bonchev–Trinajstić information content (AvgIpc) is 3.32. The molecule has 3 aromatic rings. The molecule has 0 radical (unpaired) electrons. The van der Waals surface area contributed by atoms with E-state index in [1.807, 2.05) is 6.92 Å². The van der Waals surface area contributed by atoms with Crippen LogP contribution < -0.4 is 21.3 Å². The summed E-state index contributed by atoms with van der Waals surface area (Å²) in [4.78, 5) is 36.2. The number of hydrogen-bond donors (Lipinski definition) is 4. The summed E-state index contributed by atoms with van der Waals surface area (Å²) in [5.41, 5.74) is 2.38. The Labute approximate surface area is 180 Å². The Balaban J connectivity index is 1.49. The van der Waals surface area contributed by atoms with E-state index < -0.39 is 0 Å². The van der Waals surface area contributed by atoms with Gasteiger partial charge in [0.2, 0.25) is 5.91 Å². The van der Waals surface area contributed by atoms with E-state index in [4.69, 9.17) is 4.42 Å². The van der Waals surface area contributed by atoms with Gasteiger partial charge in [-0.2, -0.15) is 0 Å². The number of rotatable bonds is 9. The van der Waals surface area contributed by atoms with Crippen LogP contribution in [0.25, 0.3) is 0 Å². The fraction of sp³-hybridized carbons (Fsp3) is 0.174. The Morgan fingerprint density at radius 2 is 1.61 bits per heavy atom. The molecule has 0 bridgehead atoms. The molecule has 8 heteroatoms. The summed E-state index contributed by atoms with van der Waals surface area (Å²) in [7, 11) is 0. The van der Waals surface area contributed by atoms with Crippen LogP contribution in [0.3, 0.4) is 0 Å². The second-order valence-corrected chi connectivity index (χ2v) is 6.75. The molecule has 0 atom stereocenters. The summed E-state index contributed by atoms with van der Waals surface area (Å²) < 4.78 is 5.07. The first kappa shape index (κ1) is 21.6. The number of anilines is 3. The van der Waals surface area contributed by atoms with Crippen LogP contribution >= 0.6 is 0 Å². The number of carbonyl (C=O) groups excluding carboxylic acids is 3. The van der Waals surface area contributed by atoms with E-state index in [1.54, 1.807) is 60.7 Å². The zero-order valence-electron chi connectivity index (χ0n) is 17.1. The molecule has 2 aromatic carbocycles. The Bertz CT molecular complexity index is 1030. The first-order chi connectivity index (χ1) is 15.0. The summed E-state index contributed by atoms with van der Waals surface area (Å²) in [6, 6.07) is 16.9. The quantitative estimate of drug-likeness (QED) is 0.421. The number of furan rings is 1. The molecule has 8 nitrogen and oxygen atoms in total. The minimum Gasteiger partial charge on any atom is -0.459 e. The van der Waals surface area contributed by atoms with Crippen LogP contribution in [0, 0.1) is 0 Å². The van der Waals surface area contributed by atoms with Crippen molar-refractivity contribution in [2.75, 3.05) is 29.0 Å². The number of carbonyl (C=O) groups is 3. The summed E-state index contributed by atoms with van der Waals surface area (Å²) in [5, 5.41) is 11.3. The second-order valence-electron chi connectivity index (χ2n) is 6.75. The van der Waals surface area contributed by atoms with Crippen LogP contribution in [-0.2, 0) is 4.79 Å². The van der Waals surface area contributed by atoms with E-state index in [0.717, 1.165) is 6.42 Å². The largest absolute Gasteiger partial charge is 0.459 e. The highest BCUT2D eigenvalue weighted by Crippen LogP contribution is 2.16. The van der Waals surface area contributed by atoms with Gasteiger partial charge in [0.1, 0.15) is 0 Å². The van der Waals surface area contributed by atoms with E-state index in [1.165, 1.54) is 6.26 Å². The summed E-state index contributed by atoms with van der Waals surface area (Å²) in [6.07, 6.45) is 2.30. The van der Waals surface area contributed by atoms with Crippen molar-refractivity contribution in [2.45, 2.75) is 13.3 Å². The van der Waals surface area contributed by atoms with E-state index in [-0.39, 0.29) is 30.0 Å². The lowest BCUT2D eigenvalue weighted by atomic mass is 10.2. The van der Waals surface area contributed by atoms with E-state index in [2.05, 4.69) is 21.3 Å². The van der Waals surface area contributed by atoms with Gasteiger partial charge < -0.3 is 25.7 Å². The molecule has 0 unspecified atom stereocenters. The Morgan fingerprint density at radius 3 is 2.32 bits per heavy atom. The molecule has 0 spiro atoms. The maximum atomic E-state index is 12.2. The molecule has 4 N–H and O–H groups in total. The molecule has 0 fully saturated rings. The van der Waals surface area contributed by atoms with Crippen molar-refractivity contribution in [2.24, 2.45) is 0 Å². The number of hydrogen-bond acceptors (Lipinski definition) is 5. The highest BCUT2D eigenvalue weighted by molar-refractivity contribution is 6.02. The highest BCUT2D eigenvalue weighted by atomic mass is 16.3. The van der Waals surface area contributed by atoms with Crippen molar-refractivity contribution in [1.82, 2.24) is 5.32 Å². The second kappa shape index (κ2) is 10.6. The van der Waals surface area contributed by atoms with Gasteiger partial charge in [-0.1, -0.05) is 13.0 Å². The van der Waals surface area contributed by atoms with Crippen molar-refractivity contribution < 1.29 is 18.8 Å². The van der Waals surface area contributed by atoms with Crippen LogP contribution in [-0.4, -0.2) is 30.8 Å². The van der Waals surface area contributed by atoms with Crippen molar-refractivity contribution in [3.63, 3.8) is 0 Å². The molecule has 0 aliphatic heterocycles. The van der Waals surface area contributed by atoms with Crippen molar-refractivity contribution in [3.05, 3.63) is 78.3 Å². The van der Waals surface area contributed by atoms with Crippen LogP contribution in [0.15, 0.2) is 71.3 Å². The average molecular weight is 420 g/mol. The molecule has 0 saturated heterocycles. The SMILES string of the molecule is CCCNC(=O)c1ccc(NC(=O)CNc2cccc(NC(=O)c3ccco3)c2)cc1. The number of benzene rings is 2. The lowest BCUT2D eigenvalue weighted by molar-refractivity contribution is -0.114. The molecule has 0 saturated carbocycles. The molecule has 0 aliphatic rings. The van der Waals surface area contributed by atoms with Gasteiger partial charge in [-0.05, 0) is 61.0 Å². The molecule has 1 heterocycles. The van der Waals surface area contributed by atoms with Gasteiger partial charge in [0.05, 0.1) is 12.8 Å². The van der Waals surface area contributed by atoms with Crippen LogP contribution in [0.5, 0.6) is 0 Å². The predicted octanol–water partition coefficient (Wildman–Crippen LogP) is 3.72. The van der Waals surface area contributed by atoms with Crippen molar-refractivity contribution in [1.29, 1.82) is 0 Å². The molecule has 3 amide bonds. The molecule has 0 aliphatic carbocycles. The van der Waals surface area contributed by atoms with E-state index in [9.17, 15) is 14.4 Å². The Morgan fingerprint density at radius 1 is 0.839 bits per heavy atom. The first-order valence-corrected chi connectivity index (χ1v) is 9.92. The van der Waals surface area contributed by atoms with Crippen LogP contribution in [0.2, 0.25) is 0 Å². The van der Waals surface area contributed by atoms with Crippen molar-refractivity contribution >= 4 is 34.8 Å². The number of amides is 3. The van der Waals surface area contributed by atoms with Gasteiger partial charge in [-0.25, -0.2) is 0 Å². The highest BCUT2D eigenvalue weighted by Gasteiger charge is 2.09. The minimum absolute atomic E-state index is 0.0360. The van der Waals surface area contributed by atoms with E-state index in [0.29, 0.717) is 29.2 Å². The molecular formula is C23H24N4O4. The summed E-state index contributed by atoms with van der Waals surface area (Å²) in [6.45, 7) is 2.64. The van der Waals surface area contributed by atoms with Gasteiger partial charge in [-0.15, -0.1) is 0 Å². The van der Waals surface area contributed by atoms with Gasteiger partial charge >= 0.3 is 0 Å². The van der Waals surface area contributed by atoms with Gasteiger partial charge in [0.25, 0.3) is 11.8 Å². The third kappa shape index (κ3) is 6.46. The van der Waals surface area contributed by atoms with Gasteiger partial charge in [0.15, 0.2) is 5.76 Å². The lowest BCUT2D eigenvalue weighted by Crippen LogP contribution is -2.24. The van der Waals surface area contributed by atoms with Gasteiger partial charge in [-0.3, -0.25) is 14.4 Å². The maximum absolute atomic E-state index is 12.2. The maximum Gasteiger partial charge on any atom is 0.291 e. The zero-order valence-corrected chi connectivity index (χ0v) is 17.1. The third-order valence-electron chi connectivity index (χ3n) is 4.28. The standard InChI is InChI=1S/C23H24N4O4/c1-2-12-24-22(29)16-8-10-17(11-9-16)26-21(28)15-25-18-5-3-6-19(14-18)27-23(30)20-7-4-13-31-20/h3-11,13-14,25H,2,12,15H2,1H3,(H,24,29)(H,26,28)(H,27,30). The first-order valence-electron chi connectivity index (χ1n) is 9.92. The monoisotopic (exact) mass is 420 g/mol. The zero-order chi connectivity index (χ0) is 22.1. The van der Waals surface area contributed by atoms with Crippen molar-refractivity contribution in [3.8, 4) is 0 Å².